The van der Waals surface area contributed by atoms with Crippen molar-refractivity contribution >= 4 is 23.6 Å². The van der Waals surface area contributed by atoms with E-state index >= 15 is 0 Å². The number of piperidine rings is 1. The number of hydrogen-bond acceptors (Lipinski definition) is 3. The molecular formula is C17H20FN3O4. The Balaban J connectivity index is 1.62. The maximum Gasteiger partial charge on any atom is 0.318 e. The maximum atomic E-state index is 13.9. The van der Waals surface area contributed by atoms with Gasteiger partial charge in [0.25, 0.3) is 0 Å². The van der Waals surface area contributed by atoms with E-state index in [1.165, 1.54) is 21.9 Å². The zero-order valence-corrected chi connectivity index (χ0v) is 13.7. The zero-order valence-electron chi connectivity index (χ0n) is 13.7. The summed E-state index contributed by atoms with van der Waals surface area (Å²) in [6, 6.07) is 4.84. The third kappa shape index (κ3) is 3.57. The number of urea groups is 1. The van der Waals surface area contributed by atoms with Gasteiger partial charge in [0, 0.05) is 19.6 Å². The average Bonchev–Trinajstić information content (AvgIpc) is 2.96. The molecule has 0 aliphatic carbocycles. The number of carbonyl (C=O) groups excluding carboxylic acids is 2. The summed E-state index contributed by atoms with van der Waals surface area (Å²) in [4.78, 5) is 38.7. The average molecular weight is 349 g/mol. The van der Waals surface area contributed by atoms with Gasteiger partial charge in [0.1, 0.15) is 11.9 Å². The van der Waals surface area contributed by atoms with E-state index < -0.39 is 29.8 Å². The summed E-state index contributed by atoms with van der Waals surface area (Å²) in [5.41, 5.74) is 0.202. The van der Waals surface area contributed by atoms with Crippen LogP contribution >= 0.6 is 0 Å². The van der Waals surface area contributed by atoms with Crippen LogP contribution in [0.1, 0.15) is 19.3 Å². The molecule has 2 aliphatic rings. The molecular weight excluding hydrogens is 329 g/mol. The van der Waals surface area contributed by atoms with Gasteiger partial charge in [-0.05, 0) is 31.4 Å². The van der Waals surface area contributed by atoms with Gasteiger partial charge >= 0.3 is 12.0 Å². The molecule has 0 spiro atoms. The van der Waals surface area contributed by atoms with Crippen LogP contribution in [-0.2, 0) is 9.59 Å². The second-order valence-electron chi connectivity index (χ2n) is 6.36. The molecule has 2 N–H and O–H groups in total. The molecule has 1 aromatic carbocycles. The summed E-state index contributed by atoms with van der Waals surface area (Å²) in [6.45, 7) is 0.926. The predicted octanol–water partition coefficient (Wildman–Crippen LogP) is 1.44. The van der Waals surface area contributed by atoms with E-state index in [1.54, 1.807) is 12.1 Å². The number of likely N-dealkylation sites (tertiary alicyclic amines) is 1. The number of carboxylic acid groups (broad SMARTS) is 1. The van der Waals surface area contributed by atoms with Crippen LogP contribution in [-0.4, -0.2) is 53.6 Å². The van der Waals surface area contributed by atoms with Gasteiger partial charge in [-0.15, -0.1) is 0 Å². The first-order valence-corrected chi connectivity index (χ1v) is 8.31. The summed E-state index contributed by atoms with van der Waals surface area (Å²) < 4.78 is 13.9. The molecule has 8 heteroatoms. The van der Waals surface area contributed by atoms with Crippen LogP contribution < -0.4 is 10.2 Å². The highest BCUT2D eigenvalue weighted by atomic mass is 19.1. The lowest BCUT2D eigenvalue weighted by Crippen LogP contribution is -2.51. The van der Waals surface area contributed by atoms with E-state index in [0.717, 1.165) is 0 Å². The van der Waals surface area contributed by atoms with Gasteiger partial charge in [-0.25, -0.2) is 9.18 Å². The Morgan fingerprint density at radius 1 is 1.20 bits per heavy atom. The molecule has 2 heterocycles. The van der Waals surface area contributed by atoms with Crippen molar-refractivity contribution in [3.63, 3.8) is 0 Å². The first-order chi connectivity index (χ1) is 12.0. The van der Waals surface area contributed by atoms with E-state index in [1.807, 2.05) is 0 Å². The minimum atomic E-state index is -0.917. The van der Waals surface area contributed by atoms with Crippen molar-refractivity contribution in [3.05, 3.63) is 30.1 Å². The van der Waals surface area contributed by atoms with E-state index in [9.17, 15) is 18.8 Å². The standard InChI is InChI=1S/C17H20FN3O4/c18-12-5-1-2-6-14(12)21-9-7-13(15(21)22)19-17(25)20-8-3-4-11(10-20)16(23)24/h1-2,5-6,11,13H,3-4,7-10H2,(H,19,25)(H,23,24). The largest absolute Gasteiger partial charge is 0.481 e. The number of aliphatic carboxylic acids is 1. The molecule has 3 amide bonds. The number of carboxylic acids is 1. The number of anilines is 1. The first-order valence-electron chi connectivity index (χ1n) is 8.31. The van der Waals surface area contributed by atoms with Gasteiger partial charge in [-0.2, -0.15) is 0 Å². The summed E-state index contributed by atoms with van der Waals surface area (Å²) in [7, 11) is 0. The fourth-order valence-corrected chi connectivity index (χ4v) is 3.33. The molecule has 3 rings (SSSR count). The van der Waals surface area contributed by atoms with E-state index in [4.69, 9.17) is 5.11 Å². The summed E-state index contributed by atoms with van der Waals surface area (Å²) in [6.07, 6.45) is 1.54. The lowest BCUT2D eigenvalue weighted by atomic mass is 9.99. The number of carbonyl (C=O) groups is 3. The fraction of sp³-hybridized carbons (Fsp3) is 0.471. The second-order valence-corrected chi connectivity index (χ2v) is 6.36. The molecule has 0 aromatic heterocycles. The lowest BCUT2D eigenvalue weighted by molar-refractivity contribution is -0.143. The molecule has 1 aromatic rings. The predicted molar refractivity (Wildman–Crippen MR) is 87.6 cm³/mol. The Morgan fingerprint density at radius 2 is 1.96 bits per heavy atom. The van der Waals surface area contributed by atoms with Crippen LogP contribution in [0.25, 0.3) is 0 Å². The normalized spacial score (nSPS) is 23.6. The maximum absolute atomic E-state index is 13.9. The Labute approximate surface area is 144 Å². The quantitative estimate of drug-likeness (QED) is 0.864. The monoisotopic (exact) mass is 349 g/mol. The molecule has 2 saturated heterocycles. The van der Waals surface area contributed by atoms with Gasteiger partial charge in [0.15, 0.2) is 0 Å². The molecule has 2 atom stereocenters. The Kier molecular flexibility index (Phi) is 4.87. The van der Waals surface area contributed by atoms with Crippen molar-refractivity contribution in [2.45, 2.75) is 25.3 Å². The topological polar surface area (TPSA) is 89.9 Å². The summed E-state index contributed by atoms with van der Waals surface area (Å²) >= 11 is 0. The van der Waals surface area contributed by atoms with E-state index in [-0.39, 0.29) is 18.1 Å². The van der Waals surface area contributed by atoms with E-state index in [0.29, 0.717) is 32.4 Å². The van der Waals surface area contributed by atoms with E-state index in [2.05, 4.69) is 5.32 Å². The highest BCUT2D eigenvalue weighted by Crippen LogP contribution is 2.24. The number of benzene rings is 1. The molecule has 25 heavy (non-hydrogen) atoms. The summed E-state index contributed by atoms with van der Waals surface area (Å²) in [5.74, 6) is -2.33. The molecule has 2 unspecified atom stereocenters. The van der Waals surface area contributed by atoms with Crippen molar-refractivity contribution in [2.75, 3.05) is 24.5 Å². The number of nitrogens with one attached hydrogen (secondary N) is 1. The van der Waals surface area contributed by atoms with Crippen LogP contribution in [0.3, 0.4) is 0 Å². The van der Waals surface area contributed by atoms with Crippen LogP contribution in [0, 0.1) is 11.7 Å². The van der Waals surface area contributed by atoms with Crippen molar-refractivity contribution in [3.8, 4) is 0 Å². The number of nitrogens with zero attached hydrogens (tertiary/aromatic N) is 2. The molecule has 7 nitrogen and oxygen atoms in total. The third-order valence-corrected chi connectivity index (χ3v) is 4.70. The zero-order chi connectivity index (χ0) is 18.0. The number of halogens is 1. The van der Waals surface area contributed by atoms with Gasteiger partial charge in [0.2, 0.25) is 5.91 Å². The van der Waals surface area contributed by atoms with Crippen molar-refractivity contribution in [1.82, 2.24) is 10.2 Å². The van der Waals surface area contributed by atoms with Crippen molar-refractivity contribution < 1.29 is 23.9 Å². The number of amides is 3. The van der Waals surface area contributed by atoms with Crippen LogP contribution in [0.2, 0.25) is 0 Å². The number of hydrogen-bond donors (Lipinski definition) is 2. The SMILES string of the molecule is O=C(O)C1CCCN(C(=O)NC2CCN(c3ccccc3F)C2=O)C1. The molecule has 2 fully saturated rings. The molecule has 0 bridgehead atoms. The lowest BCUT2D eigenvalue weighted by Gasteiger charge is -2.31. The summed E-state index contributed by atoms with van der Waals surface area (Å²) in [5, 5.41) is 11.8. The van der Waals surface area contributed by atoms with Gasteiger partial charge in [0.05, 0.1) is 11.6 Å². The van der Waals surface area contributed by atoms with Gasteiger partial charge < -0.3 is 20.2 Å². The van der Waals surface area contributed by atoms with Crippen LogP contribution in [0.5, 0.6) is 0 Å². The minimum absolute atomic E-state index is 0.138. The Morgan fingerprint density at radius 3 is 2.68 bits per heavy atom. The Bertz CT molecular complexity index is 696. The van der Waals surface area contributed by atoms with Gasteiger partial charge in [-0.1, -0.05) is 12.1 Å². The highest BCUT2D eigenvalue weighted by Gasteiger charge is 2.36. The van der Waals surface area contributed by atoms with Crippen LogP contribution in [0.15, 0.2) is 24.3 Å². The highest BCUT2D eigenvalue weighted by molar-refractivity contribution is 6.01. The van der Waals surface area contributed by atoms with Gasteiger partial charge in [-0.3, -0.25) is 9.59 Å². The number of para-hydroxylation sites is 1. The van der Waals surface area contributed by atoms with Crippen molar-refractivity contribution in [2.24, 2.45) is 5.92 Å². The second kappa shape index (κ2) is 7.08. The van der Waals surface area contributed by atoms with Crippen molar-refractivity contribution in [1.29, 1.82) is 0 Å². The van der Waals surface area contributed by atoms with Crippen LogP contribution in [0.4, 0.5) is 14.9 Å². The number of rotatable bonds is 3. The minimum Gasteiger partial charge on any atom is -0.481 e. The molecule has 2 aliphatic heterocycles. The molecule has 0 saturated carbocycles. The molecule has 134 valence electrons. The fourth-order valence-electron chi connectivity index (χ4n) is 3.33. The first kappa shape index (κ1) is 17.2. The Hall–Kier alpha value is -2.64. The third-order valence-electron chi connectivity index (χ3n) is 4.70. The smallest absolute Gasteiger partial charge is 0.318 e. The molecule has 0 radical (unpaired) electrons.